The fourth-order valence-electron chi connectivity index (χ4n) is 3.97. The van der Waals surface area contributed by atoms with Gasteiger partial charge in [0.1, 0.15) is 5.75 Å². The van der Waals surface area contributed by atoms with Crippen molar-refractivity contribution in [3.05, 3.63) is 35.7 Å². The molecule has 31 heavy (non-hydrogen) atoms. The number of amides is 2. The number of nitrogens with zero attached hydrogens (tertiary/aromatic N) is 3. The van der Waals surface area contributed by atoms with E-state index >= 15 is 0 Å². The molecule has 10 nitrogen and oxygen atoms in total. The lowest BCUT2D eigenvalue weighted by Crippen LogP contribution is -2.47. The molecule has 0 aliphatic carbocycles. The summed E-state index contributed by atoms with van der Waals surface area (Å²) in [4.78, 5) is 29.9. The summed E-state index contributed by atoms with van der Waals surface area (Å²) in [5.41, 5.74) is 0.222. The Balaban J connectivity index is 1.85. The van der Waals surface area contributed by atoms with Gasteiger partial charge in [0, 0.05) is 58.0 Å². The molecular weight excluding hydrogens is 402 g/mol. The van der Waals surface area contributed by atoms with E-state index in [1.807, 2.05) is 0 Å². The Morgan fingerprint density at radius 1 is 0.806 bits per heavy atom. The highest BCUT2D eigenvalue weighted by Gasteiger charge is 2.36. The predicted molar refractivity (Wildman–Crippen MR) is 113 cm³/mol. The molecule has 4 rings (SSSR count). The lowest BCUT2D eigenvalue weighted by Gasteiger charge is -2.29. The number of carbonyl (C=O) groups is 2. The Kier molecular flexibility index (Phi) is 6.01. The van der Waals surface area contributed by atoms with Gasteiger partial charge in [0.25, 0.3) is 11.8 Å². The molecule has 2 fully saturated rings. The molecule has 0 unspecified atom stereocenters. The number of ether oxygens (including phenoxy) is 1. The van der Waals surface area contributed by atoms with Gasteiger partial charge < -0.3 is 35.4 Å². The second-order valence-corrected chi connectivity index (χ2v) is 7.51. The van der Waals surface area contributed by atoms with Crippen LogP contribution in [0.5, 0.6) is 17.2 Å². The minimum absolute atomic E-state index is 0.122. The number of benzene rings is 1. The third kappa shape index (κ3) is 3.91. The van der Waals surface area contributed by atoms with Crippen LogP contribution in [0, 0.1) is 0 Å². The zero-order valence-corrected chi connectivity index (χ0v) is 17.4. The third-order valence-corrected chi connectivity index (χ3v) is 5.66. The van der Waals surface area contributed by atoms with Crippen LogP contribution in [0.3, 0.4) is 0 Å². The zero-order valence-electron chi connectivity index (χ0n) is 17.4. The van der Waals surface area contributed by atoms with Crippen molar-refractivity contribution in [2.24, 2.45) is 0 Å². The molecule has 0 atom stereocenters. The van der Waals surface area contributed by atoms with E-state index in [-0.39, 0.29) is 11.4 Å². The summed E-state index contributed by atoms with van der Waals surface area (Å²) in [6, 6.07) is 6.75. The summed E-state index contributed by atoms with van der Waals surface area (Å²) in [5, 5.41) is 27.9. The van der Waals surface area contributed by atoms with E-state index in [0.717, 1.165) is 0 Å². The molecule has 2 aliphatic rings. The highest BCUT2D eigenvalue weighted by atomic mass is 16.5. The largest absolute Gasteiger partial charge is 0.503 e. The number of hydrogen-bond acceptors (Lipinski definition) is 7. The van der Waals surface area contributed by atoms with Crippen LogP contribution in [0.15, 0.2) is 24.3 Å². The molecule has 2 amide bonds. The van der Waals surface area contributed by atoms with E-state index in [4.69, 9.17) is 4.74 Å². The van der Waals surface area contributed by atoms with Gasteiger partial charge in [0.2, 0.25) is 0 Å². The number of hydrogen-bond donors (Lipinski definition) is 4. The van der Waals surface area contributed by atoms with Crippen LogP contribution in [-0.4, -0.2) is 95.9 Å². The summed E-state index contributed by atoms with van der Waals surface area (Å²) in [5.74, 6) is -1.45. The molecule has 0 saturated carbocycles. The number of aromatic nitrogens is 1. The van der Waals surface area contributed by atoms with E-state index in [1.165, 1.54) is 4.57 Å². The molecule has 10 heteroatoms. The van der Waals surface area contributed by atoms with Crippen LogP contribution < -0.4 is 15.4 Å². The SMILES string of the molecule is COc1ccc(-n2c(C(=O)N3CCNCC3)c(O)c(O)c2C(=O)N2CCNCC2)cc1. The van der Waals surface area contributed by atoms with Crippen LogP contribution in [0.4, 0.5) is 0 Å². The Labute approximate surface area is 180 Å². The molecule has 1 aromatic carbocycles. The first kappa shape index (κ1) is 21.0. The first-order valence-electron chi connectivity index (χ1n) is 10.3. The van der Waals surface area contributed by atoms with Gasteiger partial charge in [-0.3, -0.25) is 14.2 Å². The van der Waals surface area contributed by atoms with Crippen molar-refractivity contribution in [3.8, 4) is 22.9 Å². The van der Waals surface area contributed by atoms with Gasteiger partial charge in [-0.05, 0) is 24.3 Å². The molecule has 0 bridgehead atoms. The summed E-state index contributed by atoms with van der Waals surface area (Å²) < 4.78 is 6.57. The summed E-state index contributed by atoms with van der Waals surface area (Å²) in [6.07, 6.45) is 0. The molecule has 166 valence electrons. The second kappa shape index (κ2) is 8.86. The lowest BCUT2D eigenvalue weighted by molar-refractivity contribution is 0.0718. The Bertz CT molecular complexity index is 906. The zero-order chi connectivity index (χ0) is 22.0. The second-order valence-electron chi connectivity index (χ2n) is 7.51. The maximum atomic E-state index is 13.3. The summed E-state index contributed by atoms with van der Waals surface area (Å²) in [6.45, 7) is 4.40. The van der Waals surface area contributed by atoms with Gasteiger partial charge in [0.15, 0.2) is 22.9 Å². The third-order valence-electron chi connectivity index (χ3n) is 5.66. The van der Waals surface area contributed by atoms with Gasteiger partial charge in [-0.15, -0.1) is 0 Å². The number of aromatic hydroxyl groups is 2. The number of nitrogens with one attached hydrogen (secondary N) is 2. The van der Waals surface area contributed by atoms with Crippen LogP contribution in [0.25, 0.3) is 5.69 Å². The molecular formula is C21H27N5O5. The highest BCUT2D eigenvalue weighted by Crippen LogP contribution is 2.40. The molecule has 2 aromatic rings. The number of rotatable bonds is 4. The van der Waals surface area contributed by atoms with Crippen molar-refractivity contribution in [2.75, 3.05) is 59.5 Å². The van der Waals surface area contributed by atoms with Crippen molar-refractivity contribution in [3.63, 3.8) is 0 Å². The molecule has 0 radical (unpaired) electrons. The number of piperazine rings is 2. The summed E-state index contributed by atoms with van der Waals surface area (Å²) in [7, 11) is 1.54. The van der Waals surface area contributed by atoms with Crippen LogP contribution in [0.2, 0.25) is 0 Å². The maximum Gasteiger partial charge on any atom is 0.274 e. The first-order valence-corrected chi connectivity index (χ1v) is 10.3. The van der Waals surface area contributed by atoms with Gasteiger partial charge in [-0.25, -0.2) is 0 Å². The van der Waals surface area contributed by atoms with E-state index in [9.17, 15) is 19.8 Å². The van der Waals surface area contributed by atoms with Crippen LogP contribution in [-0.2, 0) is 0 Å². The van der Waals surface area contributed by atoms with Gasteiger partial charge in [-0.2, -0.15) is 0 Å². The van der Waals surface area contributed by atoms with Crippen molar-refractivity contribution < 1.29 is 24.5 Å². The normalized spacial score (nSPS) is 16.9. The average Bonchev–Trinajstić information content (AvgIpc) is 3.09. The Hall–Kier alpha value is -3.24. The Morgan fingerprint density at radius 2 is 1.23 bits per heavy atom. The predicted octanol–water partition coefficient (Wildman–Crippen LogP) is -0.0121. The minimum Gasteiger partial charge on any atom is -0.503 e. The van der Waals surface area contributed by atoms with Crippen molar-refractivity contribution in [1.82, 2.24) is 25.0 Å². The first-order chi connectivity index (χ1) is 15.0. The fraction of sp³-hybridized carbons (Fsp3) is 0.429. The number of carbonyl (C=O) groups excluding carboxylic acids is 2. The molecule has 0 spiro atoms. The van der Waals surface area contributed by atoms with Crippen molar-refractivity contribution in [1.29, 1.82) is 0 Å². The molecule has 4 N–H and O–H groups in total. The van der Waals surface area contributed by atoms with E-state index in [1.54, 1.807) is 41.2 Å². The van der Waals surface area contributed by atoms with Gasteiger partial charge >= 0.3 is 0 Å². The van der Waals surface area contributed by atoms with Crippen LogP contribution in [0.1, 0.15) is 21.0 Å². The molecule has 2 saturated heterocycles. The smallest absolute Gasteiger partial charge is 0.274 e. The van der Waals surface area contributed by atoms with Crippen molar-refractivity contribution >= 4 is 11.8 Å². The number of methoxy groups -OCH3 is 1. The summed E-state index contributed by atoms with van der Waals surface area (Å²) >= 11 is 0. The topological polar surface area (TPSA) is 119 Å². The van der Waals surface area contributed by atoms with Crippen LogP contribution >= 0.6 is 0 Å². The standard InChI is InChI=1S/C21H27N5O5/c1-31-15-4-2-14(3-5-15)26-16(20(29)24-10-6-22-7-11-24)18(27)19(28)17(26)21(30)25-12-8-23-9-13-25/h2-5,22-23,27-28H,6-13H2,1H3. The van der Waals surface area contributed by atoms with Gasteiger partial charge in [-0.1, -0.05) is 0 Å². The quantitative estimate of drug-likeness (QED) is 0.540. The van der Waals surface area contributed by atoms with E-state index in [2.05, 4.69) is 10.6 Å². The van der Waals surface area contributed by atoms with E-state index in [0.29, 0.717) is 63.8 Å². The molecule has 1 aromatic heterocycles. The monoisotopic (exact) mass is 429 g/mol. The Morgan fingerprint density at radius 3 is 1.61 bits per heavy atom. The highest BCUT2D eigenvalue weighted by molar-refractivity contribution is 6.04. The van der Waals surface area contributed by atoms with Crippen molar-refractivity contribution in [2.45, 2.75) is 0 Å². The van der Waals surface area contributed by atoms with E-state index < -0.39 is 23.3 Å². The average molecular weight is 429 g/mol. The minimum atomic E-state index is -0.585. The molecule has 2 aliphatic heterocycles. The maximum absolute atomic E-state index is 13.3. The lowest BCUT2D eigenvalue weighted by atomic mass is 10.2. The van der Waals surface area contributed by atoms with Gasteiger partial charge in [0.05, 0.1) is 7.11 Å². The fourth-order valence-corrected chi connectivity index (χ4v) is 3.97. The molecule has 3 heterocycles.